The number of methoxy groups -OCH3 is 1. The van der Waals surface area contributed by atoms with Crippen LogP contribution < -0.4 is 15.2 Å². The van der Waals surface area contributed by atoms with Gasteiger partial charge in [-0.05, 0) is 55.5 Å². The minimum atomic E-state index is 0.302. The van der Waals surface area contributed by atoms with Crippen LogP contribution in [0.3, 0.4) is 0 Å². The van der Waals surface area contributed by atoms with E-state index >= 15 is 0 Å². The molecule has 0 bridgehead atoms. The van der Waals surface area contributed by atoms with Gasteiger partial charge in [0.1, 0.15) is 11.5 Å². The first-order chi connectivity index (χ1) is 10.8. The Kier molecular flexibility index (Phi) is 6.28. The summed E-state index contributed by atoms with van der Waals surface area (Å²) >= 11 is 0. The second kappa shape index (κ2) is 8.44. The number of nitrogens with two attached hydrogens (primary N) is 1. The van der Waals surface area contributed by atoms with Gasteiger partial charge in [0.05, 0.1) is 13.7 Å². The predicted octanol–water partition coefficient (Wildman–Crippen LogP) is 3.91. The van der Waals surface area contributed by atoms with Crippen molar-refractivity contribution in [3.05, 3.63) is 59.7 Å². The monoisotopic (exact) mass is 299 g/mol. The first-order valence-electron chi connectivity index (χ1n) is 7.77. The number of hydrogen-bond donors (Lipinski definition) is 1. The van der Waals surface area contributed by atoms with Crippen molar-refractivity contribution in [3.8, 4) is 11.5 Å². The van der Waals surface area contributed by atoms with Crippen LogP contribution in [-0.4, -0.2) is 20.3 Å². The topological polar surface area (TPSA) is 44.5 Å². The van der Waals surface area contributed by atoms with Gasteiger partial charge in [-0.15, -0.1) is 0 Å². The van der Waals surface area contributed by atoms with Crippen LogP contribution in [0.25, 0.3) is 0 Å². The molecule has 3 heteroatoms. The van der Waals surface area contributed by atoms with Gasteiger partial charge in [-0.25, -0.2) is 0 Å². The second-order valence-corrected chi connectivity index (χ2v) is 5.43. The lowest BCUT2D eigenvalue weighted by atomic mass is 9.93. The highest BCUT2D eigenvalue weighted by molar-refractivity contribution is 5.36. The Morgan fingerprint density at radius 2 is 1.68 bits per heavy atom. The van der Waals surface area contributed by atoms with Crippen molar-refractivity contribution in [2.75, 3.05) is 20.3 Å². The Hall–Kier alpha value is -2.00. The Morgan fingerprint density at radius 1 is 1.00 bits per heavy atom. The summed E-state index contributed by atoms with van der Waals surface area (Å²) in [6, 6.07) is 16.2. The zero-order chi connectivity index (χ0) is 15.8. The van der Waals surface area contributed by atoms with Crippen LogP contribution in [0.15, 0.2) is 48.5 Å². The van der Waals surface area contributed by atoms with Gasteiger partial charge in [0.15, 0.2) is 0 Å². The van der Waals surface area contributed by atoms with Crippen LogP contribution >= 0.6 is 0 Å². The molecule has 0 amide bonds. The quantitative estimate of drug-likeness (QED) is 0.752. The smallest absolute Gasteiger partial charge is 0.122 e. The van der Waals surface area contributed by atoms with Crippen molar-refractivity contribution in [1.29, 1.82) is 0 Å². The highest BCUT2D eigenvalue weighted by atomic mass is 16.5. The molecule has 2 aromatic carbocycles. The average molecular weight is 299 g/mol. The summed E-state index contributed by atoms with van der Waals surface area (Å²) in [6.07, 6.45) is 1.96. The highest BCUT2D eigenvalue weighted by Gasteiger charge is 2.14. The molecule has 0 aliphatic rings. The molecule has 0 aliphatic heterocycles. The molecule has 0 saturated heterocycles. The van der Waals surface area contributed by atoms with Crippen molar-refractivity contribution in [2.45, 2.75) is 25.7 Å². The maximum atomic E-state index is 5.95. The lowest BCUT2D eigenvalue weighted by molar-refractivity contribution is 0.299. The molecular formula is C19H25NO2. The second-order valence-electron chi connectivity index (χ2n) is 5.43. The summed E-state index contributed by atoms with van der Waals surface area (Å²) in [5.74, 6) is 2.18. The standard InChI is InChI=1S/C19H25NO2/c1-15-8-3-5-11-18(15)22-13-7-9-16(14-20)17-10-4-6-12-19(17)21-2/h3-6,8,10-12,16H,7,9,13-14,20H2,1-2H3. The van der Waals surface area contributed by atoms with Crippen LogP contribution in [0, 0.1) is 6.92 Å². The molecule has 0 heterocycles. The fourth-order valence-corrected chi connectivity index (χ4v) is 2.63. The first-order valence-corrected chi connectivity index (χ1v) is 7.77. The number of rotatable bonds is 8. The Morgan fingerprint density at radius 3 is 2.36 bits per heavy atom. The van der Waals surface area contributed by atoms with Gasteiger partial charge in [-0.3, -0.25) is 0 Å². The fourth-order valence-electron chi connectivity index (χ4n) is 2.63. The normalized spacial score (nSPS) is 12.0. The lowest BCUT2D eigenvalue weighted by Crippen LogP contribution is -2.14. The molecule has 1 unspecified atom stereocenters. The van der Waals surface area contributed by atoms with Gasteiger partial charge in [0.25, 0.3) is 0 Å². The van der Waals surface area contributed by atoms with E-state index in [-0.39, 0.29) is 0 Å². The molecule has 2 aromatic rings. The van der Waals surface area contributed by atoms with Crippen molar-refractivity contribution < 1.29 is 9.47 Å². The highest BCUT2D eigenvalue weighted by Crippen LogP contribution is 2.29. The van der Waals surface area contributed by atoms with Crippen molar-refractivity contribution in [1.82, 2.24) is 0 Å². The molecule has 0 aliphatic carbocycles. The molecular weight excluding hydrogens is 274 g/mol. The van der Waals surface area contributed by atoms with E-state index in [0.717, 1.165) is 24.3 Å². The van der Waals surface area contributed by atoms with Crippen molar-refractivity contribution >= 4 is 0 Å². The molecule has 0 aromatic heterocycles. The number of aryl methyl sites for hydroxylation is 1. The van der Waals surface area contributed by atoms with Crippen LogP contribution in [-0.2, 0) is 0 Å². The first kappa shape index (κ1) is 16.4. The van der Waals surface area contributed by atoms with Crippen LogP contribution in [0.1, 0.15) is 29.9 Å². The Bertz CT molecular complexity index is 583. The third-order valence-electron chi connectivity index (χ3n) is 3.91. The molecule has 0 fully saturated rings. The molecule has 2 rings (SSSR count). The molecule has 22 heavy (non-hydrogen) atoms. The van der Waals surface area contributed by atoms with E-state index in [1.807, 2.05) is 36.4 Å². The van der Waals surface area contributed by atoms with E-state index < -0.39 is 0 Å². The van der Waals surface area contributed by atoms with Gasteiger partial charge in [0, 0.05) is 0 Å². The number of benzene rings is 2. The number of ether oxygens (including phenoxy) is 2. The SMILES string of the molecule is COc1ccccc1C(CN)CCCOc1ccccc1C. The third-order valence-corrected chi connectivity index (χ3v) is 3.91. The average Bonchev–Trinajstić information content (AvgIpc) is 2.56. The van der Waals surface area contributed by atoms with E-state index in [9.17, 15) is 0 Å². The lowest BCUT2D eigenvalue weighted by Gasteiger charge is -2.18. The molecule has 0 radical (unpaired) electrons. The molecule has 2 N–H and O–H groups in total. The van der Waals surface area contributed by atoms with Crippen LogP contribution in [0.2, 0.25) is 0 Å². The largest absolute Gasteiger partial charge is 0.496 e. The zero-order valence-corrected chi connectivity index (χ0v) is 13.4. The fraction of sp³-hybridized carbons (Fsp3) is 0.368. The summed E-state index contributed by atoms with van der Waals surface area (Å²) in [6.45, 7) is 3.38. The van der Waals surface area contributed by atoms with Crippen molar-refractivity contribution in [2.24, 2.45) is 5.73 Å². The third kappa shape index (κ3) is 4.25. The zero-order valence-electron chi connectivity index (χ0n) is 13.4. The molecule has 1 atom stereocenters. The maximum Gasteiger partial charge on any atom is 0.122 e. The maximum absolute atomic E-state index is 5.95. The van der Waals surface area contributed by atoms with E-state index in [1.165, 1.54) is 11.1 Å². The van der Waals surface area contributed by atoms with E-state index in [4.69, 9.17) is 15.2 Å². The van der Waals surface area contributed by atoms with Gasteiger partial charge in [-0.1, -0.05) is 36.4 Å². The Labute approximate surface area is 133 Å². The molecule has 0 spiro atoms. The predicted molar refractivity (Wildman–Crippen MR) is 90.7 cm³/mol. The van der Waals surface area contributed by atoms with Crippen LogP contribution in [0.5, 0.6) is 11.5 Å². The van der Waals surface area contributed by atoms with Crippen LogP contribution in [0.4, 0.5) is 0 Å². The van der Waals surface area contributed by atoms with E-state index in [2.05, 4.69) is 19.1 Å². The number of hydrogen-bond acceptors (Lipinski definition) is 3. The Balaban J connectivity index is 1.88. The minimum absolute atomic E-state index is 0.302. The minimum Gasteiger partial charge on any atom is -0.496 e. The molecule has 118 valence electrons. The van der Waals surface area contributed by atoms with Crippen molar-refractivity contribution in [3.63, 3.8) is 0 Å². The van der Waals surface area contributed by atoms with Gasteiger partial charge in [0.2, 0.25) is 0 Å². The van der Waals surface area contributed by atoms with Gasteiger partial charge >= 0.3 is 0 Å². The summed E-state index contributed by atoms with van der Waals surface area (Å²) in [5.41, 5.74) is 8.30. The van der Waals surface area contributed by atoms with E-state index in [1.54, 1.807) is 7.11 Å². The molecule has 3 nitrogen and oxygen atoms in total. The summed E-state index contributed by atoms with van der Waals surface area (Å²) in [4.78, 5) is 0. The van der Waals surface area contributed by atoms with Gasteiger partial charge < -0.3 is 15.2 Å². The van der Waals surface area contributed by atoms with E-state index in [0.29, 0.717) is 19.1 Å². The summed E-state index contributed by atoms with van der Waals surface area (Å²) in [5, 5.41) is 0. The van der Waals surface area contributed by atoms with Gasteiger partial charge in [-0.2, -0.15) is 0 Å². The number of para-hydroxylation sites is 2. The molecule has 0 saturated carbocycles. The summed E-state index contributed by atoms with van der Waals surface area (Å²) < 4.78 is 11.3. The summed E-state index contributed by atoms with van der Waals surface area (Å²) in [7, 11) is 1.70.